The maximum Gasteiger partial charge on any atom is 0.198 e. The molecular weight excluding hydrogens is 356 g/mol. The number of carbonyl (C=O) groups excluding carboxylic acids is 4. The third-order valence-electron chi connectivity index (χ3n) is 5.45. The zero-order valence-electron chi connectivity index (χ0n) is 16.2. The Labute approximate surface area is 163 Å². The van der Waals surface area contributed by atoms with Crippen LogP contribution >= 0.6 is 0 Å². The molecule has 0 radical (unpaired) electrons. The summed E-state index contributed by atoms with van der Waals surface area (Å²) in [4.78, 5) is 55.8. The van der Waals surface area contributed by atoms with E-state index in [0.717, 1.165) is 24.8 Å². The van der Waals surface area contributed by atoms with E-state index in [1.807, 2.05) is 18.2 Å². The van der Waals surface area contributed by atoms with Gasteiger partial charge in [-0.3, -0.25) is 24.2 Å². The van der Waals surface area contributed by atoms with E-state index in [1.165, 1.54) is 20.0 Å². The quantitative estimate of drug-likeness (QED) is 0.540. The lowest BCUT2D eigenvalue weighted by atomic mass is 9.76. The number of ketones is 4. The topological polar surface area (TPSA) is 94.1 Å². The number of carbonyl (C=O) groups is 4. The molecule has 0 spiro atoms. The predicted octanol–water partition coefficient (Wildman–Crippen LogP) is 3.30. The van der Waals surface area contributed by atoms with Crippen LogP contribution in [0.25, 0.3) is 11.0 Å². The molecule has 1 aliphatic carbocycles. The van der Waals surface area contributed by atoms with Gasteiger partial charge >= 0.3 is 0 Å². The first-order valence-corrected chi connectivity index (χ1v) is 9.66. The number of hydrogen-bond acceptors (Lipinski definition) is 6. The molecule has 0 N–H and O–H groups in total. The Kier molecular flexibility index (Phi) is 6.07. The SMILES string of the molecule is CC(=O)C(=O)CC1CCCC(C(=O)Cc2ccc3ncc(C(C)=O)nc3c2)C1. The van der Waals surface area contributed by atoms with Gasteiger partial charge in [0, 0.05) is 32.6 Å². The second kappa shape index (κ2) is 8.50. The van der Waals surface area contributed by atoms with Gasteiger partial charge in [-0.05, 0) is 42.9 Å². The molecule has 0 amide bonds. The Morgan fingerprint density at radius 1 is 1.07 bits per heavy atom. The van der Waals surface area contributed by atoms with E-state index in [1.54, 1.807) is 0 Å². The second-order valence-corrected chi connectivity index (χ2v) is 7.69. The Balaban J connectivity index is 1.68. The highest BCUT2D eigenvalue weighted by molar-refractivity contribution is 6.36. The molecule has 3 rings (SSSR count). The Bertz CT molecular complexity index is 951. The minimum Gasteiger partial charge on any atom is -0.299 e. The first-order chi connectivity index (χ1) is 13.3. The number of hydrogen-bond donors (Lipinski definition) is 0. The predicted molar refractivity (Wildman–Crippen MR) is 104 cm³/mol. The molecule has 0 saturated heterocycles. The van der Waals surface area contributed by atoms with Crippen LogP contribution in [0.1, 0.15) is 62.0 Å². The fourth-order valence-corrected chi connectivity index (χ4v) is 3.86. The van der Waals surface area contributed by atoms with E-state index in [-0.39, 0.29) is 35.6 Å². The maximum atomic E-state index is 12.8. The fourth-order valence-electron chi connectivity index (χ4n) is 3.86. The number of rotatable bonds is 7. The smallest absolute Gasteiger partial charge is 0.198 e. The van der Waals surface area contributed by atoms with Gasteiger partial charge in [-0.25, -0.2) is 4.98 Å². The van der Waals surface area contributed by atoms with E-state index in [4.69, 9.17) is 0 Å². The van der Waals surface area contributed by atoms with Crippen molar-refractivity contribution in [2.75, 3.05) is 0 Å². The van der Waals surface area contributed by atoms with Gasteiger partial charge in [-0.2, -0.15) is 0 Å². The van der Waals surface area contributed by atoms with E-state index in [9.17, 15) is 19.2 Å². The Hall–Kier alpha value is -2.76. The molecule has 1 fully saturated rings. The molecule has 146 valence electrons. The average Bonchev–Trinajstić information content (AvgIpc) is 2.67. The molecule has 6 nitrogen and oxygen atoms in total. The van der Waals surface area contributed by atoms with Crippen LogP contribution in [-0.2, 0) is 20.8 Å². The summed E-state index contributed by atoms with van der Waals surface area (Å²) in [5, 5.41) is 0. The van der Waals surface area contributed by atoms with Crippen LogP contribution in [0.2, 0.25) is 0 Å². The summed E-state index contributed by atoms with van der Waals surface area (Å²) in [6.07, 6.45) is 5.28. The molecule has 0 bridgehead atoms. The summed E-state index contributed by atoms with van der Waals surface area (Å²) in [5.41, 5.74) is 2.43. The van der Waals surface area contributed by atoms with Crippen LogP contribution < -0.4 is 0 Å². The molecule has 2 unspecified atom stereocenters. The molecule has 2 aromatic rings. The van der Waals surface area contributed by atoms with Gasteiger partial charge < -0.3 is 0 Å². The van der Waals surface area contributed by atoms with Crippen molar-refractivity contribution >= 4 is 34.2 Å². The third kappa shape index (κ3) is 4.74. The van der Waals surface area contributed by atoms with Crippen molar-refractivity contribution in [1.29, 1.82) is 0 Å². The number of aromatic nitrogens is 2. The van der Waals surface area contributed by atoms with E-state index < -0.39 is 5.78 Å². The van der Waals surface area contributed by atoms with Crippen LogP contribution in [0.5, 0.6) is 0 Å². The van der Waals surface area contributed by atoms with Crippen molar-refractivity contribution in [2.45, 2.75) is 52.4 Å². The number of benzene rings is 1. The van der Waals surface area contributed by atoms with Crippen LogP contribution in [-0.4, -0.2) is 33.1 Å². The van der Waals surface area contributed by atoms with Gasteiger partial charge in [0.25, 0.3) is 0 Å². The molecule has 1 aromatic carbocycles. The van der Waals surface area contributed by atoms with E-state index >= 15 is 0 Å². The summed E-state index contributed by atoms with van der Waals surface area (Å²) < 4.78 is 0. The molecule has 1 saturated carbocycles. The fraction of sp³-hybridized carbons (Fsp3) is 0.455. The molecule has 2 atom stereocenters. The largest absolute Gasteiger partial charge is 0.299 e. The van der Waals surface area contributed by atoms with Gasteiger partial charge in [0.15, 0.2) is 17.3 Å². The molecule has 6 heteroatoms. The zero-order valence-corrected chi connectivity index (χ0v) is 16.2. The Morgan fingerprint density at radius 2 is 1.86 bits per heavy atom. The zero-order chi connectivity index (χ0) is 20.3. The lowest BCUT2D eigenvalue weighted by Gasteiger charge is -2.27. The summed E-state index contributed by atoms with van der Waals surface area (Å²) in [7, 11) is 0. The summed E-state index contributed by atoms with van der Waals surface area (Å²) in [6, 6.07) is 5.48. The molecule has 1 aromatic heterocycles. The summed E-state index contributed by atoms with van der Waals surface area (Å²) >= 11 is 0. The number of Topliss-reactive ketones (excluding diaryl/α,β-unsaturated/α-hetero) is 4. The minimum absolute atomic E-state index is 0.0798. The molecule has 1 heterocycles. The van der Waals surface area contributed by atoms with Gasteiger partial charge in [0.1, 0.15) is 11.5 Å². The van der Waals surface area contributed by atoms with Gasteiger partial charge in [-0.1, -0.05) is 12.5 Å². The lowest BCUT2D eigenvalue weighted by Crippen LogP contribution is -2.26. The first kappa shape index (κ1) is 20.0. The maximum absolute atomic E-state index is 12.8. The standard InChI is InChI=1S/C22H24N2O4/c1-13(25)20-12-23-18-7-6-16(9-19(18)24-20)11-22(28)17-5-3-4-15(8-17)10-21(27)14(2)26/h6-7,9,12,15,17H,3-5,8,10-11H2,1-2H3. The van der Waals surface area contributed by atoms with Crippen LogP contribution in [0, 0.1) is 11.8 Å². The van der Waals surface area contributed by atoms with E-state index in [2.05, 4.69) is 9.97 Å². The first-order valence-electron chi connectivity index (χ1n) is 9.66. The monoisotopic (exact) mass is 380 g/mol. The van der Waals surface area contributed by atoms with Crippen LogP contribution in [0.3, 0.4) is 0 Å². The van der Waals surface area contributed by atoms with Crippen LogP contribution in [0.15, 0.2) is 24.4 Å². The second-order valence-electron chi connectivity index (χ2n) is 7.69. The molecule has 0 aliphatic heterocycles. The number of fused-ring (bicyclic) bond motifs is 1. The highest BCUT2D eigenvalue weighted by atomic mass is 16.2. The van der Waals surface area contributed by atoms with Crippen molar-refractivity contribution in [2.24, 2.45) is 11.8 Å². The van der Waals surface area contributed by atoms with Crippen molar-refractivity contribution in [3.8, 4) is 0 Å². The highest BCUT2D eigenvalue weighted by Crippen LogP contribution is 2.32. The van der Waals surface area contributed by atoms with Gasteiger partial charge in [0.05, 0.1) is 17.2 Å². The van der Waals surface area contributed by atoms with Crippen LogP contribution in [0.4, 0.5) is 0 Å². The van der Waals surface area contributed by atoms with Gasteiger partial charge in [-0.15, -0.1) is 0 Å². The van der Waals surface area contributed by atoms with Crippen molar-refractivity contribution in [1.82, 2.24) is 9.97 Å². The van der Waals surface area contributed by atoms with E-state index in [0.29, 0.717) is 29.6 Å². The Morgan fingerprint density at radius 3 is 2.57 bits per heavy atom. The normalized spacial score (nSPS) is 19.4. The summed E-state index contributed by atoms with van der Waals surface area (Å²) in [6.45, 7) is 2.74. The number of nitrogens with zero attached hydrogens (tertiary/aromatic N) is 2. The molecular formula is C22H24N2O4. The molecule has 28 heavy (non-hydrogen) atoms. The third-order valence-corrected chi connectivity index (χ3v) is 5.45. The van der Waals surface area contributed by atoms with Crippen molar-refractivity contribution in [3.05, 3.63) is 35.7 Å². The summed E-state index contributed by atoms with van der Waals surface area (Å²) in [5.74, 6) is -0.717. The van der Waals surface area contributed by atoms with Crippen molar-refractivity contribution < 1.29 is 19.2 Å². The minimum atomic E-state index is -0.407. The molecule has 1 aliphatic rings. The van der Waals surface area contributed by atoms with Crippen molar-refractivity contribution in [3.63, 3.8) is 0 Å². The van der Waals surface area contributed by atoms with Gasteiger partial charge in [0.2, 0.25) is 0 Å². The lowest BCUT2D eigenvalue weighted by molar-refractivity contribution is -0.136. The highest BCUT2D eigenvalue weighted by Gasteiger charge is 2.29. The average molecular weight is 380 g/mol.